The van der Waals surface area contributed by atoms with Gasteiger partial charge in [-0.2, -0.15) is 0 Å². The molecule has 0 bridgehead atoms. The highest BCUT2D eigenvalue weighted by atomic mass is 32.1. The van der Waals surface area contributed by atoms with Crippen molar-refractivity contribution >= 4 is 35.1 Å². The quantitative estimate of drug-likeness (QED) is 0.322. The fourth-order valence-electron chi connectivity index (χ4n) is 0.519. The smallest absolute Gasteiger partial charge is 0.330 e. The van der Waals surface area contributed by atoms with E-state index in [4.69, 9.17) is 5.11 Å². The fraction of sp³-hybridized carbons (Fsp3) is 0.250. The number of rotatable bonds is 1. The van der Waals surface area contributed by atoms with Crippen LogP contribution in [0, 0.1) is 0 Å². The van der Waals surface area contributed by atoms with Gasteiger partial charge < -0.3 is 15.7 Å². The molecule has 1 saturated heterocycles. The summed E-state index contributed by atoms with van der Waals surface area (Å²) in [6.45, 7) is 4.60. The topological polar surface area (TPSA) is 95.5 Å². The zero-order valence-corrected chi connectivity index (χ0v) is 8.81. The molecule has 0 aromatic carbocycles. The van der Waals surface area contributed by atoms with Crippen molar-refractivity contribution in [2.45, 2.75) is 13.3 Å². The maximum Gasteiger partial charge on any atom is 0.330 e. The first-order valence-corrected chi connectivity index (χ1v) is 4.26. The number of hydrogen-bond acceptors (Lipinski definition) is 4. The molecule has 1 rings (SSSR count). The molecule has 6 nitrogen and oxygen atoms in total. The molecule has 1 heterocycles. The number of amides is 2. The number of carbonyl (C=O) groups is 3. The Morgan fingerprint density at radius 3 is 1.93 bits per heavy atom. The molecule has 0 aliphatic carbocycles. The molecule has 0 aromatic rings. The van der Waals surface area contributed by atoms with Crippen molar-refractivity contribution in [3.8, 4) is 0 Å². The van der Waals surface area contributed by atoms with Gasteiger partial charge in [-0.05, 0) is 19.1 Å². The number of thiocarbonyl (C=S) groups is 1. The second-order valence-corrected chi connectivity index (χ2v) is 3.10. The summed E-state index contributed by atoms with van der Waals surface area (Å²) in [4.78, 5) is 30.4. The van der Waals surface area contributed by atoms with Gasteiger partial charge in [0.25, 0.3) is 0 Å². The van der Waals surface area contributed by atoms with Gasteiger partial charge in [0.15, 0.2) is 5.11 Å². The average molecular weight is 230 g/mol. The zero-order valence-electron chi connectivity index (χ0n) is 7.99. The third-order valence-corrected chi connectivity index (χ3v) is 1.40. The Morgan fingerprint density at radius 2 is 1.73 bits per heavy atom. The summed E-state index contributed by atoms with van der Waals surface area (Å²) < 4.78 is 0. The maximum atomic E-state index is 10.4. The fourth-order valence-corrected chi connectivity index (χ4v) is 0.746. The second kappa shape index (κ2) is 5.86. The molecular formula is C8H10N2O4S. The Morgan fingerprint density at radius 1 is 1.40 bits per heavy atom. The standard InChI is InChI=1S/C4H4N2O2S.C4H6O2/c7-2-1-3(8)6-4(9)5-2;1-3(2)4(5)6/h1H2,(H2,5,6,7,8,9);1H2,2H3,(H,5,6). The molecule has 3 N–H and O–H groups in total. The Hall–Kier alpha value is -1.76. The summed E-state index contributed by atoms with van der Waals surface area (Å²) in [5.74, 6) is -1.62. The van der Waals surface area contributed by atoms with Crippen LogP contribution in [0.2, 0.25) is 0 Å². The number of nitrogens with one attached hydrogen (secondary N) is 2. The van der Waals surface area contributed by atoms with E-state index in [1.165, 1.54) is 6.92 Å². The van der Waals surface area contributed by atoms with Crippen molar-refractivity contribution in [1.82, 2.24) is 10.6 Å². The first-order chi connectivity index (χ1) is 6.82. The van der Waals surface area contributed by atoms with Gasteiger partial charge in [-0.1, -0.05) is 6.58 Å². The van der Waals surface area contributed by atoms with Gasteiger partial charge in [-0.15, -0.1) is 0 Å². The molecule has 7 heteroatoms. The highest BCUT2D eigenvalue weighted by Crippen LogP contribution is 1.86. The summed E-state index contributed by atoms with van der Waals surface area (Å²) in [6.07, 6.45) is -0.125. The van der Waals surface area contributed by atoms with Crippen LogP contribution in [0.3, 0.4) is 0 Å². The summed E-state index contributed by atoms with van der Waals surface area (Å²) in [5, 5.41) is 12.5. The summed E-state index contributed by atoms with van der Waals surface area (Å²) in [5.41, 5.74) is 0.176. The number of carboxylic acids is 1. The summed E-state index contributed by atoms with van der Waals surface area (Å²) >= 11 is 4.50. The molecule has 0 aromatic heterocycles. The molecule has 1 aliphatic heterocycles. The van der Waals surface area contributed by atoms with Crippen molar-refractivity contribution < 1.29 is 19.5 Å². The lowest BCUT2D eigenvalue weighted by molar-refractivity contribution is -0.132. The van der Waals surface area contributed by atoms with E-state index in [0.717, 1.165) is 0 Å². The molecule has 2 amide bonds. The Labute approximate surface area is 91.3 Å². The first-order valence-electron chi connectivity index (χ1n) is 3.85. The van der Waals surface area contributed by atoms with Crippen LogP contribution >= 0.6 is 12.2 Å². The molecule has 0 radical (unpaired) electrons. The third-order valence-electron chi connectivity index (χ3n) is 1.19. The predicted molar refractivity (Wildman–Crippen MR) is 56.0 cm³/mol. The van der Waals surface area contributed by atoms with Crippen molar-refractivity contribution in [1.29, 1.82) is 0 Å². The minimum atomic E-state index is -0.935. The second-order valence-electron chi connectivity index (χ2n) is 2.69. The molecule has 0 saturated carbocycles. The number of hydrogen-bond donors (Lipinski definition) is 3. The van der Waals surface area contributed by atoms with Crippen LogP contribution in [0.15, 0.2) is 12.2 Å². The third kappa shape index (κ3) is 6.33. The normalized spacial score (nSPS) is 14.3. The molecule has 82 valence electrons. The summed E-state index contributed by atoms with van der Waals surface area (Å²) in [6, 6.07) is 0. The van der Waals surface area contributed by atoms with Crippen LogP contribution in [-0.4, -0.2) is 28.0 Å². The predicted octanol–water partition coefficient (Wildman–Crippen LogP) is -0.446. The zero-order chi connectivity index (χ0) is 12.0. The van der Waals surface area contributed by atoms with Crippen LogP contribution in [-0.2, 0) is 14.4 Å². The van der Waals surface area contributed by atoms with Gasteiger partial charge in [0.1, 0.15) is 6.42 Å². The minimum Gasteiger partial charge on any atom is -0.478 e. The van der Waals surface area contributed by atoms with Crippen molar-refractivity contribution in [2.75, 3.05) is 0 Å². The van der Waals surface area contributed by atoms with Gasteiger partial charge in [0, 0.05) is 5.57 Å². The van der Waals surface area contributed by atoms with Crippen LogP contribution in [0.1, 0.15) is 13.3 Å². The van der Waals surface area contributed by atoms with Crippen LogP contribution in [0.25, 0.3) is 0 Å². The highest BCUT2D eigenvalue weighted by molar-refractivity contribution is 7.80. The van der Waals surface area contributed by atoms with Crippen LogP contribution in [0.5, 0.6) is 0 Å². The van der Waals surface area contributed by atoms with E-state index in [1.807, 2.05) is 0 Å². The number of aliphatic carboxylic acids is 1. The van der Waals surface area contributed by atoms with E-state index in [9.17, 15) is 14.4 Å². The first kappa shape index (κ1) is 13.2. The van der Waals surface area contributed by atoms with E-state index < -0.39 is 5.97 Å². The Bertz CT molecular complexity index is 280. The molecule has 0 spiro atoms. The van der Waals surface area contributed by atoms with Crippen LogP contribution < -0.4 is 10.6 Å². The monoisotopic (exact) mass is 230 g/mol. The molecule has 0 atom stereocenters. The lowest BCUT2D eigenvalue weighted by Gasteiger charge is -2.12. The minimum absolute atomic E-state index is 0.0938. The Kier molecular flexibility index (Phi) is 5.18. The molecule has 15 heavy (non-hydrogen) atoms. The van der Waals surface area contributed by atoms with Gasteiger partial charge in [-0.25, -0.2) is 4.79 Å². The average Bonchev–Trinajstić information content (AvgIpc) is 2.01. The van der Waals surface area contributed by atoms with Crippen LogP contribution in [0.4, 0.5) is 0 Å². The molecule has 1 fully saturated rings. The number of carbonyl (C=O) groups excluding carboxylic acids is 2. The highest BCUT2D eigenvalue weighted by Gasteiger charge is 2.17. The number of carboxylic acid groups (broad SMARTS) is 1. The molecule has 1 aliphatic rings. The molecular weight excluding hydrogens is 220 g/mol. The van der Waals surface area contributed by atoms with Crippen molar-refractivity contribution in [3.05, 3.63) is 12.2 Å². The summed E-state index contributed by atoms with van der Waals surface area (Å²) in [7, 11) is 0. The van der Waals surface area contributed by atoms with E-state index in [-0.39, 0.29) is 28.9 Å². The lowest BCUT2D eigenvalue weighted by atomic mass is 10.3. The van der Waals surface area contributed by atoms with E-state index in [1.54, 1.807) is 0 Å². The van der Waals surface area contributed by atoms with E-state index >= 15 is 0 Å². The van der Waals surface area contributed by atoms with Crippen molar-refractivity contribution in [2.24, 2.45) is 0 Å². The lowest BCUT2D eigenvalue weighted by Crippen LogP contribution is -2.49. The SMILES string of the molecule is C=C(C)C(=O)O.O=C1CC(=O)NC(=S)N1. The Balaban J connectivity index is 0.000000288. The van der Waals surface area contributed by atoms with Gasteiger partial charge in [0.05, 0.1) is 0 Å². The maximum absolute atomic E-state index is 10.4. The van der Waals surface area contributed by atoms with E-state index in [0.29, 0.717) is 0 Å². The van der Waals surface area contributed by atoms with E-state index in [2.05, 4.69) is 29.4 Å². The van der Waals surface area contributed by atoms with Crippen molar-refractivity contribution in [3.63, 3.8) is 0 Å². The largest absolute Gasteiger partial charge is 0.478 e. The van der Waals surface area contributed by atoms with Gasteiger partial charge >= 0.3 is 5.97 Å². The molecule has 0 unspecified atom stereocenters. The van der Waals surface area contributed by atoms with Gasteiger partial charge in [-0.3, -0.25) is 9.59 Å². The van der Waals surface area contributed by atoms with Gasteiger partial charge in [0.2, 0.25) is 11.8 Å².